The quantitative estimate of drug-likeness (QED) is 0.534. The van der Waals surface area contributed by atoms with Crippen LogP contribution in [-0.4, -0.2) is 35.6 Å². The second-order valence-corrected chi connectivity index (χ2v) is 4.59. The Labute approximate surface area is 98.1 Å². The molecule has 1 aliphatic rings. The van der Waals surface area contributed by atoms with Crippen LogP contribution in [0.2, 0.25) is 0 Å². The minimum absolute atomic E-state index is 0.1000. The molecule has 3 nitrogen and oxygen atoms in total. The Kier molecular flexibility index (Phi) is 6.16. The van der Waals surface area contributed by atoms with E-state index in [4.69, 9.17) is 5.11 Å². The van der Waals surface area contributed by atoms with Crippen LogP contribution < -0.4 is 0 Å². The first kappa shape index (κ1) is 13.2. The number of rotatable bonds is 7. The average Bonchev–Trinajstić information content (AvgIpc) is 2.29. The number of carboxylic acid groups (broad SMARTS) is 1. The lowest BCUT2D eigenvalue weighted by Crippen LogP contribution is -2.36. The third-order valence-electron chi connectivity index (χ3n) is 3.32. The van der Waals surface area contributed by atoms with Gasteiger partial charge in [-0.25, -0.2) is 0 Å². The number of likely N-dealkylation sites (tertiary alicyclic amines) is 1. The molecule has 0 atom stereocenters. The summed E-state index contributed by atoms with van der Waals surface area (Å²) in [4.78, 5) is 13.2. The van der Waals surface area contributed by atoms with E-state index in [0.717, 1.165) is 38.9 Å². The van der Waals surface area contributed by atoms with Crippen LogP contribution in [-0.2, 0) is 4.79 Å². The van der Waals surface area contributed by atoms with Gasteiger partial charge < -0.3 is 10.0 Å². The van der Waals surface area contributed by atoms with Gasteiger partial charge in [-0.15, -0.1) is 6.58 Å². The smallest absolute Gasteiger partial charge is 0.306 e. The van der Waals surface area contributed by atoms with E-state index in [0.29, 0.717) is 0 Å². The van der Waals surface area contributed by atoms with Crippen LogP contribution in [0, 0.1) is 5.92 Å². The maximum atomic E-state index is 10.8. The highest BCUT2D eigenvalue weighted by molar-refractivity contribution is 5.70. The van der Waals surface area contributed by atoms with Gasteiger partial charge in [-0.05, 0) is 51.7 Å². The van der Waals surface area contributed by atoms with Crippen molar-refractivity contribution in [3.8, 4) is 0 Å². The summed E-state index contributed by atoms with van der Waals surface area (Å²) in [6, 6.07) is 0. The Balaban J connectivity index is 2.03. The van der Waals surface area contributed by atoms with Crippen LogP contribution in [0.1, 0.15) is 38.5 Å². The van der Waals surface area contributed by atoms with Gasteiger partial charge in [0.05, 0.1) is 5.92 Å². The number of nitrogens with zero attached hydrogens (tertiary/aromatic N) is 1. The molecule has 0 amide bonds. The summed E-state index contributed by atoms with van der Waals surface area (Å²) in [6.45, 7) is 6.75. The molecule has 0 aliphatic carbocycles. The van der Waals surface area contributed by atoms with Crippen molar-refractivity contribution in [2.45, 2.75) is 38.5 Å². The van der Waals surface area contributed by atoms with Crippen molar-refractivity contribution < 1.29 is 9.90 Å². The van der Waals surface area contributed by atoms with Gasteiger partial charge in [-0.1, -0.05) is 12.5 Å². The van der Waals surface area contributed by atoms with Gasteiger partial charge in [-0.2, -0.15) is 0 Å². The summed E-state index contributed by atoms with van der Waals surface area (Å²) in [7, 11) is 0. The third kappa shape index (κ3) is 4.79. The number of carboxylic acids is 1. The van der Waals surface area contributed by atoms with E-state index in [1.165, 1.54) is 19.3 Å². The van der Waals surface area contributed by atoms with Gasteiger partial charge >= 0.3 is 5.97 Å². The van der Waals surface area contributed by atoms with Gasteiger partial charge in [0.15, 0.2) is 0 Å². The molecule has 1 saturated heterocycles. The van der Waals surface area contributed by atoms with Crippen molar-refractivity contribution in [1.82, 2.24) is 4.90 Å². The summed E-state index contributed by atoms with van der Waals surface area (Å²) < 4.78 is 0. The summed E-state index contributed by atoms with van der Waals surface area (Å²) in [5.74, 6) is -0.720. The zero-order valence-electron chi connectivity index (χ0n) is 10.0. The number of allylic oxidation sites excluding steroid dienone is 1. The largest absolute Gasteiger partial charge is 0.481 e. The highest BCUT2D eigenvalue weighted by atomic mass is 16.4. The Morgan fingerprint density at radius 3 is 2.56 bits per heavy atom. The number of hydrogen-bond donors (Lipinski definition) is 1. The second-order valence-electron chi connectivity index (χ2n) is 4.59. The van der Waals surface area contributed by atoms with Crippen LogP contribution in [0.15, 0.2) is 12.7 Å². The molecule has 0 saturated carbocycles. The van der Waals surface area contributed by atoms with E-state index in [1.54, 1.807) is 0 Å². The lowest BCUT2D eigenvalue weighted by atomic mass is 9.97. The highest BCUT2D eigenvalue weighted by Gasteiger charge is 2.23. The first-order chi connectivity index (χ1) is 7.74. The molecule has 1 aliphatic heterocycles. The zero-order valence-corrected chi connectivity index (χ0v) is 10.0. The molecular formula is C13H23NO2. The van der Waals surface area contributed by atoms with Gasteiger partial charge in [0.2, 0.25) is 0 Å². The molecule has 1 N–H and O–H groups in total. The predicted molar refractivity (Wildman–Crippen MR) is 65.5 cm³/mol. The highest BCUT2D eigenvalue weighted by Crippen LogP contribution is 2.17. The van der Waals surface area contributed by atoms with Gasteiger partial charge in [0, 0.05) is 0 Å². The van der Waals surface area contributed by atoms with Crippen LogP contribution in [0.4, 0.5) is 0 Å². The molecule has 1 fully saturated rings. The van der Waals surface area contributed by atoms with Crippen molar-refractivity contribution in [1.29, 1.82) is 0 Å². The van der Waals surface area contributed by atoms with Crippen LogP contribution in [0.5, 0.6) is 0 Å². The molecule has 1 rings (SSSR count). The first-order valence-electron chi connectivity index (χ1n) is 6.30. The molecular weight excluding hydrogens is 202 g/mol. The third-order valence-corrected chi connectivity index (χ3v) is 3.32. The number of unbranched alkanes of at least 4 members (excludes halogenated alkanes) is 3. The molecule has 0 radical (unpaired) electrons. The monoisotopic (exact) mass is 225 g/mol. The van der Waals surface area contributed by atoms with E-state index in [9.17, 15) is 4.79 Å². The van der Waals surface area contributed by atoms with Crippen molar-refractivity contribution in [2.24, 2.45) is 5.92 Å². The second kappa shape index (κ2) is 7.44. The Morgan fingerprint density at radius 1 is 1.31 bits per heavy atom. The maximum absolute atomic E-state index is 10.8. The fraction of sp³-hybridized carbons (Fsp3) is 0.769. The standard InChI is InChI=1S/C13H23NO2/c1-2-3-4-5-6-9-14-10-7-12(8-11-14)13(15)16/h2,12H,1,3-11H2,(H,15,16). The fourth-order valence-electron chi connectivity index (χ4n) is 2.20. The van der Waals surface area contributed by atoms with Crippen molar-refractivity contribution in [3.05, 3.63) is 12.7 Å². The molecule has 16 heavy (non-hydrogen) atoms. The summed E-state index contributed by atoms with van der Waals surface area (Å²) in [5.41, 5.74) is 0. The van der Waals surface area contributed by atoms with E-state index in [2.05, 4.69) is 11.5 Å². The molecule has 1 heterocycles. The summed E-state index contributed by atoms with van der Waals surface area (Å²) in [6.07, 6.45) is 8.44. The molecule has 0 aromatic rings. The zero-order chi connectivity index (χ0) is 11.8. The molecule has 0 spiro atoms. The SMILES string of the molecule is C=CCCCCCN1CCC(C(=O)O)CC1. The van der Waals surface area contributed by atoms with Crippen LogP contribution >= 0.6 is 0 Å². The van der Waals surface area contributed by atoms with Gasteiger partial charge in [0.25, 0.3) is 0 Å². The first-order valence-corrected chi connectivity index (χ1v) is 6.30. The Morgan fingerprint density at radius 2 is 2.00 bits per heavy atom. The van der Waals surface area contributed by atoms with Crippen LogP contribution in [0.3, 0.4) is 0 Å². The lowest BCUT2D eigenvalue weighted by molar-refractivity contribution is -0.143. The van der Waals surface area contributed by atoms with E-state index >= 15 is 0 Å². The predicted octanol–water partition coefficient (Wildman–Crippen LogP) is 2.53. The van der Waals surface area contributed by atoms with Crippen molar-refractivity contribution in [2.75, 3.05) is 19.6 Å². The van der Waals surface area contributed by atoms with Gasteiger partial charge in [0.1, 0.15) is 0 Å². The topological polar surface area (TPSA) is 40.5 Å². The average molecular weight is 225 g/mol. The molecule has 0 bridgehead atoms. The molecule has 0 unspecified atom stereocenters. The Bertz CT molecular complexity index is 220. The molecule has 0 aromatic heterocycles. The molecule has 3 heteroatoms. The minimum atomic E-state index is -0.620. The molecule has 0 aromatic carbocycles. The van der Waals surface area contributed by atoms with Gasteiger partial charge in [-0.3, -0.25) is 4.79 Å². The van der Waals surface area contributed by atoms with Crippen molar-refractivity contribution in [3.63, 3.8) is 0 Å². The number of aliphatic carboxylic acids is 1. The number of carbonyl (C=O) groups is 1. The van der Waals surface area contributed by atoms with Crippen LogP contribution in [0.25, 0.3) is 0 Å². The molecule has 92 valence electrons. The maximum Gasteiger partial charge on any atom is 0.306 e. The summed E-state index contributed by atoms with van der Waals surface area (Å²) in [5, 5.41) is 8.87. The number of hydrogen-bond acceptors (Lipinski definition) is 2. The number of piperidine rings is 1. The summed E-state index contributed by atoms with van der Waals surface area (Å²) >= 11 is 0. The minimum Gasteiger partial charge on any atom is -0.481 e. The lowest BCUT2D eigenvalue weighted by Gasteiger charge is -2.29. The van der Waals surface area contributed by atoms with E-state index < -0.39 is 5.97 Å². The Hall–Kier alpha value is -0.830. The van der Waals surface area contributed by atoms with E-state index in [1.807, 2.05) is 6.08 Å². The normalized spacial score (nSPS) is 18.5. The van der Waals surface area contributed by atoms with E-state index in [-0.39, 0.29) is 5.92 Å². The van der Waals surface area contributed by atoms with Crippen molar-refractivity contribution >= 4 is 5.97 Å². The fourth-order valence-corrected chi connectivity index (χ4v) is 2.20.